The van der Waals surface area contributed by atoms with Gasteiger partial charge in [-0.1, -0.05) is 0 Å². The van der Waals surface area contributed by atoms with Crippen molar-refractivity contribution < 1.29 is 27.9 Å². The Labute approximate surface area is 107 Å². The fourth-order valence-corrected chi connectivity index (χ4v) is 2.89. The van der Waals surface area contributed by atoms with Crippen molar-refractivity contribution in [3.8, 4) is 0 Å². The Kier molecular flexibility index (Phi) is 4.68. The highest BCUT2D eigenvalue weighted by molar-refractivity contribution is 7.92. The molecule has 100 valence electrons. The van der Waals surface area contributed by atoms with Gasteiger partial charge in [0.05, 0.1) is 25.0 Å². The summed E-state index contributed by atoms with van der Waals surface area (Å²) in [6.45, 7) is 0. The van der Waals surface area contributed by atoms with Crippen LogP contribution in [-0.2, 0) is 19.6 Å². The second-order valence-corrected chi connectivity index (χ2v) is 5.97. The molecule has 0 bridgehead atoms. The van der Waals surface area contributed by atoms with Crippen LogP contribution in [0, 0.1) is 0 Å². The number of methoxy groups -OCH3 is 1. The minimum Gasteiger partial charge on any atom is -0.477 e. The van der Waals surface area contributed by atoms with Gasteiger partial charge in [-0.05, 0) is 11.4 Å². The Morgan fingerprint density at radius 1 is 1.50 bits per heavy atom. The molecule has 0 fully saturated rings. The topological polar surface area (TPSA) is 110 Å². The summed E-state index contributed by atoms with van der Waals surface area (Å²) >= 11 is 0.909. The number of carboxylic acid groups (broad SMARTS) is 1. The third-order valence-electron chi connectivity index (χ3n) is 1.93. The maximum absolute atomic E-state index is 11.6. The molecular formula is C9H11NO6S2. The normalized spacial score (nSPS) is 10.9. The monoisotopic (exact) mass is 293 g/mol. The largest absolute Gasteiger partial charge is 0.477 e. The van der Waals surface area contributed by atoms with Crippen LogP contribution in [0.5, 0.6) is 0 Å². The first-order valence-corrected chi connectivity index (χ1v) is 7.27. The minimum absolute atomic E-state index is 0.00244. The van der Waals surface area contributed by atoms with Crippen molar-refractivity contribution in [1.29, 1.82) is 0 Å². The average molecular weight is 293 g/mol. The van der Waals surface area contributed by atoms with Crippen molar-refractivity contribution in [2.45, 2.75) is 6.42 Å². The highest BCUT2D eigenvalue weighted by atomic mass is 32.2. The maximum Gasteiger partial charge on any atom is 0.348 e. The number of aromatic carboxylic acids is 1. The molecule has 0 spiro atoms. The van der Waals surface area contributed by atoms with Gasteiger partial charge in [-0.15, -0.1) is 11.3 Å². The van der Waals surface area contributed by atoms with Gasteiger partial charge in [0, 0.05) is 0 Å². The lowest BCUT2D eigenvalue weighted by atomic mass is 10.4. The van der Waals surface area contributed by atoms with Crippen molar-refractivity contribution >= 4 is 39.0 Å². The molecular weight excluding hydrogens is 282 g/mol. The first kappa shape index (κ1) is 14.5. The summed E-state index contributed by atoms with van der Waals surface area (Å²) in [6, 6.07) is 1.35. The smallest absolute Gasteiger partial charge is 0.348 e. The van der Waals surface area contributed by atoms with Crippen LogP contribution in [0.25, 0.3) is 0 Å². The molecule has 0 saturated heterocycles. The van der Waals surface area contributed by atoms with Crippen LogP contribution in [0.4, 0.5) is 5.69 Å². The molecule has 0 amide bonds. The maximum atomic E-state index is 11.6. The van der Waals surface area contributed by atoms with E-state index in [4.69, 9.17) is 5.11 Å². The number of carbonyl (C=O) groups is 2. The molecule has 0 saturated carbocycles. The Morgan fingerprint density at radius 3 is 2.72 bits per heavy atom. The summed E-state index contributed by atoms with van der Waals surface area (Å²) in [6.07, 6.45) is -0.293. The van der Waals surface area contributed by atoms with Crippen molar-refractivity contribution in [3.63, 3.8) is 0 Å². The van der Waals surface area contributed by atoms with E-state index in [1.807, 2.05) is 0 Å². The molecule has 0 aliphatic carbocycles. The molecule has 9 heteroatoms. The van der Waals surface area contributed by atoms with E-state index in [9.17, 15) is 18.0 Å². The predicted octanol–water partition coefficient (Wildman–Crippen LogP) is 0.751. The second kappa shape index (κ2) is 5.83. The van der Waals surface area contributed by atoms with Crippen LogP contribution in [0.15, 0.2) is 11.4 Å². The van der Waals surface area contributed by atoms with Gasteiger partial charge in [0.2, 0.25) is 10.0 Å². The number of rotatable bonds is 6. The lowest BCUT2D eigenvalue weighted by Gasteiger charge is -2.06. The first-order valence-electron chi connectivity index (χ1n) is 4.74. The third kappa shape index (κ3) is 4.00. The van der Waals surface area contributed by atoms with Crippen LogP contribution in [0.3, 0.4) is 0 Å². The van der Waals surface area contributed by atoms with E-state index in [-0.39, 0.29) is 17.0 Å². The zero-order valence-corrected chi connectivity index (χ0v) is 11.0. The van der Waals surface area contributed by atoms with E-state index in [1.54, 1.807) is 0 Å². The van der Waals surface area contributed by atoms with Gasteiger partial charge < -0.3 is 9.84 Å². The molecule has 18 heavy (non-hydrogen) atoms. The second-order valence-electron chi connectivity index (χ2n) is 3.22. The van der Waals surface area contributed by atoms with E-state index >= 15 is 0 Å². The van der Waals surface area contributed by atoms with Crippen molar-refractivity contribution in [2.24, 2.45) is 0 Å². The number of thiophene rings is 1. The van der Waals surface area contributed by atoms with Crippen molar-refractivity contribution in [3.05, 3.63) is 16.3 Å². The summed E-state index contributed by atoms with van der Waals surface area (Å²) < 4.78 is 29.6. The number of sulfonamides is 1. The zero-order valence-electron chi connectivity index (χ0n) is 9.37. The minimum atomic E-state index is -3.77. The van der Waals surface area contributed by atoms with E-state index in [0.29, 0.717) is 0 Å². The third-order valence-corrected chi connectivity index (χ3v) is 4.10. The standard InChI is InChI=1S/C9H11NO6S2/c1-16-7(11)3-5-18(14,15)10-6-2-4-17-8(6)9(12)13/h2,4,10H,3,5H2,1H3,(H,12,13). The Hall–Kier alpha value is -1.61. The Bertz CT molecular complexity index is 547. The van der Waals surface area contributed by atoms with Gasteiger partial charge in [0.15, 0.2) is 0 Å². The molecule has 1 aromatic rings. The predicted molar refractivity (Wildman–Crippen MR) is 65.3 cm³/mol. The number of carbonyl (C=O) groups excluding carboxylic acids is 1. The van der Waals surface area contributed by atoms with E-state index in [0.717, 1.165) is 18.4 Å². The molecule has 0 atom stereocenters. The summed E-state index contributed by atoms with van der Waals surface area (Å²) in [5.41, 5.74) is -0.00244. The summed E-state index contributed by atoms with van der Waals surface area (Å²) in [5.74, 6) is -2.32. The molecule has 1 aromatic heterocycles. The zero-order chi connectivity index (χ0) is 13.8. The van der Waals surface area contributed by atoms with Gasteiger partial charge >= 0.3 is 11.9 Å². The highest BCUT2D eigenvalue weighted by Gasteiger charge is 2.18. The lowest BCUT2D eigenvalue weighted by molar-refractivity contribution is -0.140. The van der Waals surface area contributed by atoms with Crippen LogP contribution < -0.4 is 4.72 Å². The molecule has 2 N–H and O–H groups in total. The van der Waals surface area contributed by atoms with Crippen molar-refractivity contribution in [2.75, 3.05) is 17.6 Å². The van der Waals surface area contributed by atoms with Gasteiger partial charge in [-0.25, -0.2) is 13.2 Å². The molecule has 1 rings (SSSR count). The first-order chi connectivity index (χ1) is 8.35. The highest BCUT2D eigenvalue weighted by Crippen LogP contribution is 2.23. The van der Waals surface area contributed by atoms with Crippen molar-refractivity contribution in [1.82, 2.24) is 0 Å². The summed E-state index contributed by atoms with van der Waals surface area (Å²) in [4.78, 5) is 21.5. The SMILES string of the molecule is COC(=O)CCS(=O)(=O)Nc1ccsc1C(=O)O. The quantitative estimate of drug-likeness (QED) is 0.749. The number of anilines is 1. The fraction of sp³-hybridized carbons (Fsp3) is 0.333. The molecule has 7 nitrogen and oxygen atoms in total. The Morgan fingerprint density at radius 2 is 2.17 bits per heavy atom. The van der Waals surface area contributed by atoms with Gasteiger partial charge in [0.1, 0.15) is 4.88 Å². The van der Waals surface area contributed by atoms with Gasteiger partial charge in [-0.3, -0.25) is 9.52 Å². The lowest BCUT2D eigenvalue weighted by Crippen LogP contribution is -2.20. The van der Waals surface area contributed by atoms with Gasteiger partial charge in [-0.2, -0.15) is 0 Å². The van der Waals surface area contributed by atoms with Gasteiger partial charge in [0.25, 0.3) is 0 Å². The van der Waals surface area contributed by atoms with E-state index in [2.05, 4.69) is 9.46 Å². The molecule has 0 unspecified atom stereocenters. The van der Waals surface area contributed by atoms with Crippen LogP contribution in [0.2, 0.25) is 0 Å². The summed E-state index contributed by atoms with van der Waals surface area (Å²) in [5, 5.41) is 10.3. The number of esters is 1. The van der Waals surface area contributed by atoms with Crippen LogP contribution >= 0.6 is 11.3 Å². The van der Waals surface area contributed by atoms with Crippen LogP contribution in [0.1, 0.15) is 16.1 Å². The number of hydrogen-bond donors (Lipinski definition) is 2. The van der Waals surface area contributed by atoms with E-state index in [1.165, 1.54) is 11.4 Å². The Balaban J connectivity index is 2.74. The molecule has 0 aromatic carbocycles. The number of nitrogens with one attached hydrogen (secondary N) is 1. The number of ether oxygens (including phenoxy) is 1. The van der Waals surface area contributed by atoms with E-state index < -0.39 is 27.7 Å². The average Bonchev–Trinajstić information content (AvgIpc) is 2.73. The fourth-order valence-electron chi connectivity index (χ4n) is 1.09. The summed E-state index contributed by atoms with van der Waals surface area (Å²) in [7, 11) is -2.62. The number of carboxylic acids is 1. The van der Waals surface area contributed by atoms with Crippen LogP contribution in [-0.4, -0.2) is 38.3 Å². The molecule has 1 heterocycles. The number of hydrogen-bond acceptors (Lipinski definition) is 6. The molecule has 0 aliphatic rings. The molecule has 0 radical (unpaired) electrons. The molecule has 0 aliphatic heterocycles.